The molecule has 2 rings (SSSR count). The number of hydrogen-bond donors (Lipinski definition) is 1. The highest BCUT2D eigenvalue weighted by molar-refractivity contribution is 5.92. The third-order valence-corrected chi connectivity index (χ3v) is 4.21. The van der Waals surface area contributed by atoms with Crippen molar-refractivity contribution in [2.24, 2.45) is 0 Å². The van der Waals surface area contributed by atoms with Crippen LogP contribution in [-0.4, -0.2) is 27.2 Å². The lowest BCUT2D eigenvalue weighted by molar-refractivity contribution is -0.137. The van der Waals surface area contributed by atoms with Crippen LogP contribution in [0, 0.1) is 0 Å². The fourth-order valence-electron chi connectivity index (χ4n) is 2.68. The second-order valence-electron chi connectivity index (χ2n) is 6.14. The molecule has 0 aliphatic carbocycles. The van der Waals surface area contributed by atoms with Crippen molar-refractivity contribution < 1.29 is 32.2 Å². The van der Waals surface area contributed by atoms with Gasteiger partial charge in [-0.05, 0) is 48.4 Å². The minimum atomic E-state index is -4.39. The molecule has 1 amide bonds. The second-order valence-corrected chi connectivity index (χ2v) is 6.14. The van der Waals surface area contributed by atoms with Crippen LogP contribution in [0.15, 0.2) is 42.5 Å². The fourth-order valence-corrected chi connectivity index (χ4v) is 2.68. The monoisotopic (exact) mass is 409 g/mol. The van der Waals surface area contributed by atoms with Gasteiger partial charge in [-0.25, -0.2) is 0 Å². The summed E-state index contributed by atoms with van der Waals surface area (Å²) in [4.78, 5) is 12.2. The number of benzene rings is 2. The lowest BCUT2D eigenvalue weighted by atomic mass is 10.1. The molecule has 0 aliphatic rings. The number of methoxy groups -OCH3 is 3. The summed E-state index contributed by atoms with van der Waals surface area (Å²) in [5, 5.41) is 2.71. The Morgan fingerprint density at radius 1 is 1.00 bits per heavy atom. The molecule has 0 saturated carbocycles. The molecule has 0 saturated heterocycles. The number of carbonyl (C=O) groups is 1. The van der Waals surface area contributed by atoms with E-state index in [4.69, 9.17) is 14.2 Å². The van der Waals surface area contributed by atoms with Crippen molar-refractivity contribution in [3.8, 4) is 17.2 Å². The normalized spacial score (nSPS) is 12.5. The Kier molecular flexibility index (Phi) is 7.14. The Labute approximate surface area is 167 Å². The molecule has 8 heteroatoms. The van der Waals surface area contributed by atoms with E-state index in [1.54, 1.807) is 25.1 Å². The van der Waals surface area contributed by atoms with Crippen molar-refractivity contribution in [2.45, 2.75) is 19.1 Å². The number of alkyl halides is 3. The third kappa shape index (κ3) is 5.66. The number of carbonyl (C=O) groups excluding carboxylic acids is 1. The van der Waals surface area contributed by atoms with E-state index in [0.717, 1.165) is 12.1 Å². The average molecular weight is 409 g/mol. The van der Waals surface area contributed by atoms with E-state index < -0.39 is 23.7 Å². The topological polar surface area (TPSA) is 56.8 Å². The van der Waals surface area contributed by atoms with E-state index in [0.29, 0.717) is 28.4 Å². The molecule has 0 heterocycles. The summed E-state index contributed by atoms with van der Waals surface area (Å²) in [6.07, 6.45) is -1.51. The number of ether oxygens (including phenoxy) is 3. The van der Waals surface area contributed by atoms with E-state index in [9.17, 15) is 18.0 Å². The van der Waals surface area contributed by atoms with Crippen LogP contribution in [-0.2, 0) is 11.0 Å². The highest BCUT2D eigenvalue weighted by Crippen LogP contribution is 2.38. The number of amides is 1. The molecule has 29 heavy (non-hydrogen) atoms. The van der Waals surface area contributed by atoms with Crippen LogP contribution in [0.1, 0.15) is 29.7 Å². The van der Waals surface area contributed by atoms with Crippen LogP contribution in [0.4, 0.5) is 13.2 Å². The predicted molar refractivity (Wildman–Crippen MR) is 103 cm³/mol. The summed E-state index contributed by atoms with van der Waals surface area (Å²) >= 11 is 0. The predicted octanol–water partition coefficient (Wildman–Crippen LogP) is 4.62. The quantitative estimate of drug-likeness (QED) is 0.678. The number of nitrogens with one attached hydrogen (secondary N) is 1. The zero-order valence-corrected chi connectivity index (χ0v) is 16.5. The smallest absolute Gasteiger partial charge is 0.416 e. The maximum atomic E-state index is 12.6. The lowest BCUT2D eigenvalue weighted by Gasteiger charge is -2.14. The van der Waals surface area contributed by atoms with Gasteiger partial charge in [0.25, 0.3) is 0 Å². The zero-order chi connectivity index (χ0) is 21.6. The second kappa shape index (κ2) is 9.36. The molecule has 5 nitrogen and oxygen atoms in total. The summed E-state index contributed by atoms with van der Waals surface area (Å²) in [7, 11) is 4.47. The third-order valence-electron chi connectivity index (χ3n) is 4.21. The summed E-state index contributed by atoms with van der Waals surface area (Å²) in [5.74, 6) is 0.939. The highest BCUT2D eigenvalue weighted by atomic mass is 19.4. The van der Waals surface area contributed by atoms with Gasteiger partial charge in [-0.15, -0.1) is 0 Å². The van der Waals surface area contributed by atoms with Gasteiger partial charge in [0.2, 0.25) is 11.7 Å². The standard InChI is InChI=1S/C21H22F3NO4/c1-13(15-6-8-16(9-7-15)21(22,23)24)25-19(26)10-5-14-11-17(27-2)20(29-4)18(12-14)28-3/h5-13H,1-4H3,(H,25,26)/b10-5+. The van der Waals surface area contributed by atoms with Gasteiger partial charge >= 0.3 is 6.18 Å². The zero-order valence-electron chi connectivity index (χ0n) is 16.5. The highest BCUT2D eigenvalue weighted by Gasteiger charge is 2.30. The molecule has 0 aliphatic heterocycles. The maximum Gasteiger partial charge on any atom is 0.416 e. The molecule has 0 fully saturated rings. The molecule has 2 aromatic carbocycles. The summed E-state index contributed by atoms with van der Waals surface area (Å²) in [5.41, 5.74) is 0.478. The number of halogens is 3. The van der Waals surface area contributed by atoms with E-state index in [2.05, 4.69) is 5.32 Å². The van der Waals surface area contributed by atoms with E-state index in [1.807, 2.05) is 0 Å². The van der Waals surface area contributed by atoms with Crippen LogP contribution in [0.5, 0.6) is 17.2 Å². The molecule has 0 bridgehead atoms. The summed E-state index contributed by atoms with van der Waals surface area (Å²) in [6, 6.07) is 7.57. The molecular formula is C21H22F3NO4. The van der Waals surface area contributed by atoms with Gasteiger partial charge in [0.15, 0.2) is 11.5 Å². The van der Waals surface area contributed by atoms with Crippen molar-refractivity contribution in [1.29, 1.82) is 0 Å². The number of rotatable bonds is 7. The van der Waals surface area contributed by atoms with Gasteiger partial charge in [0, 0.05) is 6.08 Å². The van der Waals surface area contributed by atoms with Crippen molar-refractivity contribution in [1.82, 2.24) is 5.32 Å². The molecule has 1 unspecified atom stereocenters. The Bertz CT molecular complexity index is 851. The fraction of sp³-hybridized carbons (Fsp3) is 0.286. The van der Waals surface area contributed by atoms with Crippen LogP contribution in [0.2, 0.25) is 0 Å². The van der Waals surface area contributed by atoms with Crippen LogP contribution in [0.3, 0.4) is 0 Å². The molecule has 0 aromatic heterocycles. The van der Waals surface area contributed by atoms with Gasteiger partial charge in [0.1, 0.15) is 0 Å². The molecule has 1 atom stereocenters. The van der Waals surface area contributed by atoms with Gasteiger partial charge in [0.05, 0.1) is 32.9 Å². The van der Waals surface area contributed by atoms with Gasteiger partial charge in [-0.1, -0.05) is 12.1 Å². The number of hydrogen-bond acceptors (Lipinski definition) is 4. The molecule has 0 spiro atoms. The van der Waals surface area contributed by atoms with Gasteiger partial charge < -0.3 is 19.5 Å². The first-order valence-electron chi connectivity index (χ1n) is 8.65. The minimum absolute atomic E-state index is 0.397. The molecule has 0 radical (unpaired) electrons. The Morgan fingerprint density at radius 3 is 2.00 bits per heavy atom. The first-order valence-corrected chi connectivity index (χ1v) is 8.65. The van der Waals surface area contributed by atoms with E-state index >= 15 is 0 Å². The van der Waals surface area contributed by atoms with Crippen molar-refractivity contribution in [3.63, 3.8) is 0 Å². The van der Waals surface area contributed by atoms with E-state index in [1.165, 1.54) is 39.5 Å². The summed E-state index contributed by atoms with van der Waals surface area (Å²) < 4.78 is 53.7. The molecular weight excluding hydrogens is 387 g/mol. The Morgan fingerprint density at radius 2 is 1.55 bits per heavy atom. The van der Waals surface area contributed by atoms with Crippen LogP contribution >= 0.6 is 0 Å². The average Bonchev–Trinajstić information content (AvgIpc) is 2.70. The van der Waals surface area contributed by atoms with Crippen molar-refractivity contribution >= 4 is 12.0 Å². The Balaban J connectivity index is 2.09. The van der Waals surface area contributed by atoms with Crippen LogP contribution in [0.25, 0.3) is 6.08 Å². The van der Waals surface area contributed by atoms with Crippen molar-refractivity contribution in [3.05, 3.63) is 59.2 Å². The Hall–Kier alpha value is -3.16. The van der Waals surface area contributed by atoms with E-state index in [-0.39, 0.29) is 0 Å². The van der Waals surface area contributed by atoms with Crippen molar-refractivity contribution in [2.75, 3.05) is 21.3 Å². The van der Waals surface area contributed by atoms with Gasteiger partial charge in [-0.3, -0.25) is 4.79 Å². The first kappa shape index (κ1) is 22.1. The first-order chi connectivity index (χ1) is 13.7. The SMILES string of the molecule is COc1cc(/C=C/C(=O)NC(C)c2ccc(C(F)(F)F)cc2)cc(OC)c1OC. The lowest BCUT2D eigenvalue weighted by Crippen LogP contribution is -2.24. The maximum absolute atomic E-state index is 12.6. The molecule has 1 N–H and O–H groups in total. The van der Waals surface area contributed by atoms with Gasteiger partial charge in [-0.2, -0.15) is 13.2 Å². The minimum Gasteiger partial charge on any atom is -0.493 e. The van der Waals surface area contributed by atoms with Crippen LogP contribution < -0.4 is 19.5 Å². The summed E-state index contributed by atoms with van der Waals surface area (Å²) in [6.45, 7) is 1.69. The molecule has 156 valence electrons. The molecule has 2 aromatic rings. The largest absolute Gasteiger partial charge is 0.493 e.